The van der Waals surface area contributed by atoms with Crippen molar-refractivity contribution in [2.75, 3.05) is 19.8 Å². The van der Waals surface area contributed by atoms with Crippen LogP contribution in [-0.2, 0) is 0 Å². The number of aliphatic hydroxyl groups is 3. The van der Waals surface area contributed by atoms with E-state index >= 15 is 0 Å². The van der Waals surface area contributed by atoms with Gasteiger partial charge < -0.3 is 33.9 Å². The van der Waals surface area contributed by atoms with Crippen LogP contribution >= 0.6 is 0 Å². The number of halogens is 2. The summed E-state index contributed by atoms with van der Waals surface area (Å²) in [6.07, 6.45) is 6.36. The van der Waals surface area contributed by atoms with Crippen molar-refractivity contribution < 1.29 is 33.6 Å². The molecule has 0 spiro atoms. The second-order valence-corrected chi connectivity index (χ2v) is 14.1. The number of nitrogens with zero attached hydrogens (tertiary/aromatic N) is 8. The Balaban J connectivity index is 0.000000176. The van der Waals surface area contributed by atoms with Gasteiger partial charge in [0.2, 0.25) is 0 Å². The zero-order valence-electron chi connectivity index (χ0n) is 34.0. The second-order valence-electron chi connectivity index (χ2n) is 14.1. The Morgan fingerprint density at radius 3 is 1.33 bits per heavy atom. The van der Waals surface area contributed by atoms with Gasteiger partial charge in [0.05, 0.1) is 78.7 Å². The maximum absolute atomic E-state index is 13.6. The van der Waals surface area contributed by atoms with Crippen LogP contribution in [0, 0.1) is 11.6 Å². The number of para-hydroxylation sites is 2. The highest BCUT2D eigenvalue weighted by atomic mass is 19.1. The van der Waals surface area contributed by atoms with Crippen LogP contribution in [0.2, 0.25) is 0 Å². The first-order valence-corrected chi connectivity index (χ1v) is 20.1. The van der Waals surface area contributed by atoms with E-state index in [0.717, 1.165) is 11.1 Å². The standard InChI is InChI=1S/C27H21FN4O2.C22H19FN4O3/c28-21-13-11-20(12-14-21)25-26(32(18-30-25)24(17-33)19-7-3-1-4-8-19)23-15-16-29-27(31-23)34-22-9-5-2-6-10-22;23-16-8-6-15(7-9-16)20-21(27(14-25-20)17(12-28)13-29)19-10-11-24-22(26-19)30-18-4-2-1-3-5-18/h1-16,18,24,33H,17H2;1-11,14,17,28-29H,12-13H2. The fourth-order valence-electron chi connectivity index (χ4n) is 6.88. The lowest BCUT2D eigenvalue weighted by Crippen LogP contribution is -2.17. The van der Waals surface area contributed by atoms with Gasteiger partial charge in [-0.25, -0.2) is 28.7 Å². The normalized spacial score (nSPS) is 11.5. The van der Waals surface area contributed by atoms with Gasteiger partial charge in [0.1, 0.15) is 23.1 Å². The summed E-state index contributed by atoms with van der Waals surface area (Å²) in [5, 5.41) is 29.7. The molecule has 64 heavy (non-hydrogen) atoms. The van der Waals surface area contributed by atoms with Crippen LogP contribution in [0.3, 0.4) is 0 Å². The molecular formula is C49H40F2N8O5. The van der Waals surface area contributed by atoms with Crippen LogP contribution < -0.4 is 9.47 Å². The molecule has 0 saturated carbocycles. The van der Waals surface area contributed by atoms with Gasteiger partial charge in [-0.05, 0) is 90.5 Å². The molecule has 9 aromatic rings. The molecule has 15 heteroatoms. The van der Waals surface area contributed by atoms with Gasteiger partial charge in [0, 0.05) is 23.5 Å². The largest absolute Gasteiger partial charge is 0.424 e. The van der Waals surface area contributed by atoms with Crippen molar-refractivity contribution in [3.8, 4) is 68.8 Å². The Hall–Kier alpha value is -7.98. The molecule has 4 aromatic heterocycles. The molecule has 1 unspecified atom stereocenters. The van der Waals surface area contributed by atoms with E-state index in [1.165, 1.54) is 30.6 Å². The number of ether oxygens (including phenoxy) is 2. The zero-order valence-corrected chi connectivity index (χ0v) is 34.0. The van der Waals surface area contributed by atoms with Crippen LogP contribution in [-0.4, -0.2) is 74.2 Å². The summed E-state index contributed by atoms with van der Waals surface area (Å²) in [4.78, 5) is 26.6. The van der Waals surface area contributed by atoms with Crippen molar-refractivity contribution in [1.29, 1.82) is 0 Å². The Kier molecular flexibility index (Phi) is 13.5. The molecule has 13 nitrogen and oxygen atoms in total. The van der Waals surface area contributed by atoms with Crippen molar-refractivity contribution in [1.82, 2.24) is 39.0 Å². The Morgan fingerprint density at radius 2 is 0.891 bits per heavy atom. The third-order valence-corrected chi connectivity index (χ3v) is 9.99. The Labute approximate surface area is 366 Å². The Morgan fingerprint density at radius 1 is 0.469 bits per heavy atom. The van der Waals surface area contributed by atoms with Crippen molar-refractivity contribution in [2.45, 2.75) is 12.1 Å². The highest BCUT2D eigenvalue weighted by Crippen LogP contribution is 2.36. The molecular weight excluding hydrogens is 819 g/mol. The summed E-state index contributed by atoms with van der Waals surface area (Å²) in [6, 6.07) is 42.9. The average molecular weight is 859 g/mol. The van der Waals surface area contributed by atoms with Crippen LogP contribution in [0.25, 0.3) is 45.3 Å². The SMILES string of the molecule is OCC(CO)n1cnc(-c2ccc(F)cc2)c1-c1ccnc(Oc2ccccc2)n1.OCC(c1ccccc1)n1cnc(-c2ccc(F)cc2)c1-c1ccnc(Oc2ccccc2)n1. The topological polar surface area (TPSA) is 166 Å². The molecule has 0 radical (unpaired) electrons. The van der Waals surface area contributed by atoms with Gasteiger partial charge in [-0.2, -0.15) is 9.97 Å². The number of benzene rings is 5. The third-order valence-electron chi connectivity index (χ3n) is 9.99. The van der Waals surface area contributed by atoms with Crippen LogP contribution in [0.4, 0.5) is 8.78 Å². The highest BCUT2D eigenvalue weighted by molar-refractivity contribution is 5.78. The average Bonchev–Trinajstić information content (AvgIpc) is 3.98. The van der Waals surface area contributed by atoms with Gasteiger partial charge in [-0.1, -0.05) is 66.7 Å². The lowest BCUT2D eigenvalue weighted by molar-refractivity contribution is 0.155. The monoisotopic (exact) mass is 858 g/mol. The lowest BCUT2D eigenvalue weighted by atomic mass is 10.0. The van der Waals surface area contributed by atoms with Crippen molar-refractivity contribution in [2.24, 2.45) is 0 Å². The molecule has 0 bridgehead atoms. The van der Waals surface area contributed by atoms with Crippen molar-refractivity contribution in [3.63, 3.8) is 0 Å². The minimum atomic E-state index is -0.616. The van der Waals surface area contributed by atoms with E-state index in [-0.39, 0.29) is 43.5 Å². The van der Waals surface area contributed by atoms with Crippen LogP contribution in [0.1, 0.15) is 17.6 Å². The molecule has 0 aliphatic rings. The molecule has 0 aliphatic carbocycles. The molecule has 9 rings (SSSR count). The minimum absolute atomic E-state index is 0.140. The minimum Gasteiger partial charge on any atom is -0.424 e. The fourth-order valence-corrected chi connectivity index (χ4v) is 6.88. The predicted octanol–water partition coefficient (Wildman–Crippen LogP) is 8.98. The summed E-state index contributed by atoms with van der Waals surface area (Å²) in [6.45, 7) is -0.725. The summed E-state index contributed by atoms with van der Waals surface area (Å²) < 4.78 is 42.1. The van der Waals surface area contributed by atoms with Crippen LogP contribution in [0.5, 0.6) is 23.5 Å². The molecule has 0 saturated heterocycles. The number of aromatic nitrogens is 8. The molecule has 320 valence electrons. The number of imidazole rings is 2. The number of hydrogen-bond acceptors (Lipinski definition) is 11. The molecule has 0 aliphatic heterocycles. The van der Waals surface area contributed by atoms with Crippen molar-refractivity contribution in [3.05, 3.63) is 194 Å². The van der Waals surface area contributed by atoms with Gasteiger partial charge >= 0.3 is 12.0 Å². The maximum atomic E-state index is 13.6. The van der Waals surface area contributed by atoms with E-state index in [1.54, 1.807) is 71.8 Å². The first-order valence-electron chi connectivity index (χ1n) is 20.1. The molecule has 4 heterocycles. The first kappa shape index (κ1) is 42.7. The molecule has 0 fully saturated rings. The summed E-state index contributed by atoms with van der Waals surface area (Å²) >= 11 is 0. The smallest absolute Gasteiger partial charge is 0.322 e. The molecule has 5 aromatic carbocycles. The summed E-state index contributed by atoms with van der Waals surface area (Å²) in [5.41, 5.74) is 5.72. The molecule has 1 atom stereocenters. The summed E-state index contributed by atoms with van der Waals surface area (Å²) in [5.74, 6) is 0.515. The van der Waals surface area contributed by atoms with Gasteiger partial charge in [-0.3, -0.25) is 0 Å². The van der Waals surface area contributed by atoms with Crippen LogP contribution in [0.15, 0.2) is 177 Å². The van der Waals surface area contributed by atoms with E-state index in [4.69, 9.17) is 9.47 Å². The maximum Gasteiger partial charge on any atom is 0.322 e. The second kappa shape index (κ2) is 20.3. The zero-order chi connectivity index (χ0) is 44.3. The first-order chi connectivity index (χ1) is 31.4. The third kappa shape index (κ3) is 9.87. The van der Waals surface area contributed by atoms with Crippen molar-refractivity contribution >= 4 is 0 Å². The Bertz CT molecular complexity index is 2880. The summed E-state index contributed by atoms with van der Waals surface area (Å²) in [7, 11) is 0. The lowest BCUT2D eigenvalue weighted by Gasteiger charge is -2.20. The predicted molar refractivity (Wildman–Crippen MR) is 235 cm³/mol. The van der Waals surface area contributed by atoms with Gasteiger partial charge in [-0.15, -0.1) is 0 Å². The number of rotatable bonds is 14. The molecule has 3 N–H and O–H groups in total. The van der Waals surface area contributed by atoms with E-state index < -0.39 is 12.1 Å². The van der Waals surface area contributed by atoms with E-state index in [1.807, 2.05) is 83.4 Å². The number of aliphatic hydroxyl groups excluding tert-OH is 3. The highest BCUT2D eigenvalue weighted by Gasteiger charge is 2.24. The fraction of sp³-hybridized carbons (Fsp3) is 0.102. The van der Waals surface area contributed by atoms with Gasteiger partial charge in [0.25, 0.3) is 0 Å². The quantitative estimate of drug-likeness (QED) is 0.0956. The van der Waals surface area contributed by atoms with E-state index in [0.29, 0.717) is 51.2 Å². The van der Waals surface area contributed by atoms with Gasteiger partial charge in [0.15, 0.2) is 0 Å². The van der Waals surface area contributed by atoms with E-state index in [2.05, 4.69) is 29.9 Å². The molecule has 0 amide bonds. The number of hydrogen-bond donors (Lipinski definition) is 3. The van der Waals surface area contributed by atoms with E-state index in [9.17, 15) is 24.1 Å².